The van der Waals surface area contributed by atoms with Gasteiger partial charge in [0.2, 0.25) is 5.91 Å². The van der Waals surface area contributed by atoms with Crippen LogP contribution in [-0.4, -0.2) is 62.6 Å². The number of amides is 1. The van der Waals surface area contributed by atoms with E-state index < -0.39 is 0 Å². The number of likely N-dealkylation sites (N-methyl/N-ethyl adjacent to an activating group) is 1. The molecule has 1 aromatic rings. The van der Waals surface area contributed by atoms with Gasteiger partial charge in [-0.15, -0.1) is 0 Å². The van der Waals surface area contributed by atoms with Gasteiger partial charge in [0.05, 0.1) is 13.2 Å². The number of carbonyl (C=O) groups excluding carboxylic acids is 1. The zero-order valence-electron chi connectivity index (χ0n) is 16.0. The third-order valence-corrected chi connectivity index (χ3v) is 4.95. The average Bonchev–Trinajstić information content (AvgIpc) is 2.63. The summed E-state index contributed by atoms with van der Waals surface area (Å²) in [7, 11) is 3.90. The molecule has 1 fully saturated rings. The van der Waals surface area contributed by atoms with E-state index in [-0.39, 0.29) is 5.91 Å². The van der Waals surface area contributed by atoms with E-state index in [9.17, 15) is 4.79 Å². The Morgan fingerprint density at radius 1 is 1.28 bits per heavy atom. The summed E-state index contributed by atoms with van der Waals surface area (Å²) in [5, 5.41) is 3.22. The highest BCUT2D eigenvalue weighted by Crippen LogP contribution is 2.20. The molecule has 0 unspecified atom stereocenters. The van der Waals surface area contributed by atoms with Crippen molar-refractivity contribution >= 4 is 5.91 Å². The van der Waals surface area contributed by atoms with Crippen molar-refractivity contribution in [1.82, 2.24) is 15.1 Å². The molecule has 1 amide bonds. The van der Waals surface area contributed by atoms with Crippen LogP contribution in [0, 0.1) is 5.92 Å². The fraction of sp³-hybridized carbons (Fsp3) is 0.650. The summed E-state index contributed by atoms with van der Waals surface area (Å²) >= 11 is 0. The summed E-state index contributed by atoms with van der Waals surface area (Å²) < 4.78 is 5.46. The Labute approximate surface area is 152 Å². The van der Waals surface area contributed by atoms with Gasteiger partial charge in [-0.3, -0.25) is 9.69 Å². The Balaban J connectivity index is 1.73. The van der Waals surface area contributed by atoms with Crippen LogP contribution in [0.5, 0.6) is 5.75 Å². The molecule has 0 spiro atoms. The molecule has 1 heterocycles. The van der Waals surface area contributed by atoms with Gasteiger partial charge in [0.1, 0.15) is 5.75 Å². The number of hydrogen-bond donors (Lipinski definition) is 1. The Kier molecular flexibility index (Phi) is 8.22. The molecule has 0 bridgehead atoms. The zero-order valence-corrected chi connectivity index (χ0v) is 16.0. The van der Waals surface area contributed by atoms with E-state index >= 15 is 0 Å². The summed E-state index contributed by atoms with van der Waals surface area (Å²) in [6.45, 7) is 6.99. The largest absolute Gasteiger partial charge is 0.494 e. The second kappa shape index (κ2) is 10.4. The van der Waals surface area contributed by atoms with Crippen molar-refractivity contribution in [2.45, 2.75) is 32.7 Å². The smallest absolute Gasteiger partial charge is 0.236 e. The van der Waals surface area contributed by atoms with Gasteiger partial charge in [0.25, 0.3) is 0 Å². The topological polar surface area (TPSA) is 44.8 Å². The molecule has 5 nitrogen and oxygen atoms in total. The van der Waals surface area contributed by atoms with Gasteiger partial charge in [-0.05, 0) is 76.5 Å². The van der Waals surface area contributed by atoms with Gasteiger partial charge in [-0.25, -0.2) is 0 Å². The number of nitrogens with zero attached hydrogens (tertiary/aromatic N) is 2. The minimum absolute atomic E-state index is 0.197. The normalized spacial score (nSPS) is 16.0. The SMILES string of the molecule is CCOc1ccc(CN(C)C(=O)CN2CCC(CCNC)CC2)cc1. The summed E-state index contributed by atoms with van der Waals surface area (Å²) in [4.78, 5) is 16.6. The van der Waals surface area contributed by atoms with Crippen molar-refractivity contribution in [2.24, 2.45) is 5.92 Å². The van der Waals surface area contributed by atoms with Crippen molar-refractivity contribution in [2.75, 3.05) is 46.9 Å². The number of likely N-dealkylation sites (tertiary alicyclic amines) is 1. The number of piperidine rings is 1. The lowest BCUT2D eigenvalue weighted by atomic mass is 9.93. The van der Waals surface area contributed by atoms with Crippen molar-refractivity contribution in [1.29, 1.82) is 0 Å². The van der Waals surface area contributed by atoms with Gasteiger partial charge in [-0.2, -0.15) is 0 Å². The first-order valence-corrected chi connectivity index (χ1v) is 9.45. The monoisotopic (exact) mass is 347 g/mol. The summed E-state index contributed by atoms with van der Waals surface area (Å²) in [5.74, 6) is 1.88. The van der Waals surface area contributed by atoms with Crippen molar-refractivity contribution in [3.8, 4) is 5.75 Å². The van der Waals surface area contributed by atoms with Crippen LogP contribution in [0.4, 0.5) is 0 Å². The van der Waals surface area contributed by atoms with E-state index in [0.29, 0.717) is 19.7 Å². The van der Waals surface area contributed by atoms with Crippen LogP contribution in [0.3, 0.4) is 0 Å². The Bertz CT molecular complexity index is 510. The first-order chi connectivity index (χ1) is 12.1. The zero-order chi connectivity index (χ0) is 18.1. The van der Waals surface area contributed by atoms with Crippen LogP contribution in [0.15, 0.2) is 24.3 Å². The van der Waals surface area contributed by atoms with E-state index in [0.717, 1.165) is 36.9 Å². The average molecular weight is 348 g/mol. The van der Waals surface area contributed by atoms with Gasteiger partial charge >= 0.3 is 0 Å². The van der Waals surface area contributed by atoms with E-state index in [4.69, 9.17) is 4.74 Å². The predicted octanol–water partition coefficient (Wildman–Crippen LogP) is 2.37. The lowest BCUT2D eigenvalue weighted by molar-refractivity contribution is -0.132. The Morgan fingerprint density at radius 3 is 2.56 bits per heavy atom. The minimum atomic E-state index is 0.197. The fourth-order valence-electron chi connectivity index (χ4n) is 3.31. The Morgan fingerprint density at radius 2 is 1.96 bits per heavy atom. The number of nitrogens with one attached hydrogen (secondary N) is 1. The highest BCUT2D eigenvalue weighted by Gasteiger charge is 2.21. The van der Waals surface area contributed by atoms with E-state index in [1.807, 2.05) is 50.2 Å². The number of hydrogen-bond acceptors (Lipinski definition) is 4. The third kappa shape index (κ3) is 6.67. The molecule has 1 aromatic carbocycles. The quantitative estimate of drug-likeness (QED) is 0.745. The van der Waals surface area contributed by atoms with Crippen LogP contribution in [0.1, 0.15) is 31.7 Å². The van der Waals surface area contributed by atoms with E-state index in [1.165, 1.54) is 19.3 Å². The second-order valence-electron chi connectivity index (χ2n) is 6.94. The molecule has 1 N–H and O–H groups in total. The van der Waals surface area contributed by atoms with Crippen molar-refractivity contribution < 1.29 is 9.53 Å². The van der Waals surface area contributed by atoms with Gasteiger partial charge < -0.3 is 15.0 Å². The molecule has 140 valence electrons. The summed E-state index contributed by atoms with van der Waals surface area (Å²) in [5.41, 5.74) is 1.13. The van der Waals surface area contributed by atoms with Gasteiger partial charge in [0, 0.05) is 13.6 Å². The highest BCUT2D eigenvalue weighted by atomic mass is 16.5. The fourth-order valence-corrected chi connectivity index (χ4v) is 3.31. The molecule has 1 aliphatic rings. The molecular formula is C20H33N3O2. The Hall–Kier alpha value is -1.59. The molecule has 1 aliphatic heterocycles. The summed E-state index contributed by atoms with van der Waals surface area (Å²) in [6, 6.07) is 7.99. The summed E-state index contributed by atoms with van der Waals surface area (Å²) in [6.07, 6.45) is 3.66. The first kappa shape index (κ1) is 19.7. The minimum Gasteiger partial charge on any atom is -0.494 e. The lowest BCUT2D eigenvalue weighted by Crippen LogP contribution is -2.42. The molecule has 1 saturated heterocycles. The number of benzene rings is 1. The lowest BCUT2D eigenvalue weighted by Gasteiger charge is -2.32. The van der Waals surface area contributed by atoms with Crippen LogP contribution >= 0.6 is 0 Å². The maximum Gasteiger partial charge on any atom is 0.236 e. The number of carbonyl (C=O) groups is 1. The van der Waals surface area contributed by atoms with Gasteiger partial charge in [0.15, 0.2) is 0 Å². The molecule has 5 heteroatoms. The second-order valence-corrected chi connectivity index (χ2v) is 6.94. The highest BCUT2D eigenvalue weighted by molar-refractivity contribution is 5.78. The molecule has 2 rings (SSSR count). The third-order valence-electron chi connectivity index (χ3n) is 4.95. The van der Waals surface area contributed by atoms with Crippen LogP contribution in [0.25, 0.3) is 0 Å². The molecular weight excluding hydrogens is 314 g/mol. The molecule has 0 radical (unpaired) electrons. The van der Waals surface area contributed by atoms with E-state index in [2.05, 4.69) is 10.2 Å². The number of rotatable bonds is 9. The molecule has 0 aromatic heterocycles. The van der Waals surface area contributed by atoms with Crippen LogP contribution in [-0.2, 0) is 11.3 Å². The van der Waals surface area contributed by atoms with Crippen LogP contribution in [0.2, 0.25) is 0 Å². The molecule has 0 aliphatic carbocycles. The van der Waals surface area contributed by atoms with Crippen molar-refractivity contribution in [3.05, 3.63) is 29.8 Å². The predicted molar refractivity (Wildman–Crippen MR) is 102 cm³/mol. The van der Waals surface area contributed by atoms with Crippen LogP contribution < -0.4 is 10.1 Å². The standard InChI is InChI=1S/C20H33N3O2/c1-4-25-19-7-5-18(6-8-19)15-22(3)20(24)16-23-13-10-17(11-14-23)9-12-21-2/h5-8,17,21H,4,9-16H2,1-3H3. The van der Waals surface area contributed by atoms with E-state index in [1.54, 1.807) is 0 Å². The maximum absolute atomic E-state index is 12.5. The molecule has 0 saturated carbocycles. The number of ether oxygens (including phenoxy) is 1. The molecule has 25 heavy (non-hydrogen) atoms. The molecule has 0 atom stereocenters. The van der Waals surface area contributed by atoms with Crippen molar-refractivity contribution in [3.63, 3.8) is 0 Å². The maximum atomic E-state index is 12.5. The van der Waals surface area contributed by atoms with Gasteiger partial charge in [-0.1, -0.05) is 12.1 Å². The first-order valence-electron chi connectivity index (χ1n) is 9.45.